The van der Waals surface area contributed by atoms with Crippen LogP contribution in [0.15, 0.2) is 34.7 Å². The van der Waals surface area contributed by atoms with Gasteiger partial charge in [-0.15, -0.1) is 0 Å². The number of furan rings is 1. The summed E-state index contributed by atoms with van der Waals surface area (Å²) >= 11 is 0. The minimum atomic E-state index is -0.964. The lowest BCUT2D eigenvalue weighted by molar-refractivity contribution is -0.0711. The Kier molecular flexibility index (Phi) is 8.17. The first kappa shape index (κ1) is 23.3. The second kappa shape index (κ2) is 10.2. The Balaban J connectivity index is 2.21. The van der Waals surface area contributed by atoms with E-state index in [-0.39, 0.29) is 11.8 Å². The molecule has 1 aromatic heterocycles. The molecule has 5 heteroatoms. The van der Waals surface area contributed by atoms with Gasteiger partial charge >= 0.3 is 0 Å². The van der Waals surface area contributed by atoms with E-state index < -0.39 is 5.60 Å². The first-order valence-corrected chi connectivity index (χ1v) is 10.5. The van der Waals surface area contributed by atoms with E-state index in [1.54, 1.807) is 14.2 Å². The van der Waals surface area contributed by atoms with Crippen LogP contribution in [-0.4, -0.2) is 30.8 Å². The zero-order valence-corrected chi connectivity index (χ0v) is 19.0. The van der Waals surface area contributed by atoms with Gasteiger partial charge in [0.2, 0.25) is 0 Å². The maximum absolute atomic E-state index is 11.2. The summed E-state index contributed by atoms with van der Waals surface area (Å²) in [6.07, 6.45) is 1.04. The van der Waals surface area contributed by atoms with Crippen molar-refractivity contribution in [2.75, 3.05) is 20.8 Å². The first-order valence-electron chi connectivity index (χ1n) is 10.5. The van der Waals surface area contributed by atoms with Gasteiger partial charge in [0.1, 0.15) is 28.6 Å². The van der Waals surface area contributed by atoms with Crippen molar-refractivity contribution in [3.63, 3.8) is 0 Å². The molecule has 1 heterocycles. The Morgan fingerprint density at radius 2 is 1.55 bits per heavy atom. The van der Waals surface area contributed by atoms with Gasteiger partial charge in [0, 0.05) is 12.6 Å². The summed E-state index contributed by atoms with van der Waals surface area (Å²) in [6, 6.07) is 9.86. The lowest BCUT2D eigenvalue weighted by Crippen LogP contribution is -2.37. The van der Waals surface area contributed by atoms with Crippen molar-refractivity contribution in [2.24, 2.45) is 11.8 Å². The highest BCUT2D eigenvalue weighted by molar-refractivity contribution is 5.38. The van der Waals surface area contributed by atoms with Crippen LogP contribution in [0.2, 0.25) is 0 Å². The number of nitrogens with zero attached hydrogens (tertiary/aromatic N) is 1. The molecule has 0 unspecified atom stereocenters. The first-order chi connectivity index (χ1) is 13.7. The number of benzene rings is 1. The molecule has 0 spiro atoms. The SMILES string of the molecule is CCCN(Cc1cc(OC)cc(OC)c1)Cc1ccc(C(O)(C(C)C)C(C)C)o1. The van der Waals surface area contributed by atoms with E-state index in [0.717, 1.165) is 42.3 Å². The van der Waals surface area contributed by atoms with Gasteiger partial charge in [0.25, 0.3) is 0 Å². The molecule has 0 aliphatic rings. The van der Waals surface area contributed by atoms with Gasteiger partial charge in [0.05, 0.1) is 20.8 Å². The van der Waals surface area contributed by atoms with Crippen molar-refractivity contribution in [2.45, 2.75) is 59.7 Å². The fraction of sp³-hybridized carbons (Fsp3) is 0.583. The summed E-state index contributed by atoms with van der Waals surface area (Å²) in [7, 11) is 3.33. The van der Waals surface area contributed by atoms with Crippen LogP contribution in [-0.2, 0) is 18.7 Å². The van der Waals surface area contributed by atoms with Gasteiger partial charge < -0.3 is 19.0 Å². The Labute approximate surface area is 175 Å². The van der Waals surface area contributed by atoms with Crippen LogP contribution in [0.5, 0.6) is 11.5 Å². The van der Waals surface area contributed by atoms with Crippen molar-refractivity contribution in [3.05, 3.63) is 47.4 Å². The molecule has 0 aliphatic carbocycles. The molecule has 0 fully saturated rings. The quantitative estimate of drug-likeness (QED) is 0.558. The zero-order chi connectivity index (χ0) is 21.6. The predicted octanol–water partition coefficient (Wildman–Crippen LogP) is 5.21. The summed E-state index contributed by atoms with van der Waals surface area (Å²) < 4.78 is 16.9. The third-order valence-electron chi connectivity index (χ3n) is 5.55. The third kappa shape index (κ3) is 5.55. The lowest BCUT2D eigenvalue weighted by atomic mass is 9.78. The Bertz CT molecular complexity index is 736. The lowest BCUT2D eigenvalue weighted by Gasteiger charge is -2.34. The molecule has 2 aromatic rings. The normalized spacial score (nSPS) is 12.2. The summed E-state index contributed by atoms with van der Waals surface area (Å²) in [6.45, 7) is 12.7. The maximum Gasteiger partial charge on any atom is 0.136 e. The van der Waals surface area contributed by atoms with Crippen molar-refractivity contribution < 1.29 is 19.0 Å². The molecule has 0 aliphatic heterocycles. The van der Waals surface area contributed by atoms with E-state index in [2.05, 4.69) is 11.8 Å². The maximum atomic E-state index is 11.2. The van der Waals surface area contributed by atoms with E-state index >= 15 is 0 Å². The highest BCUT2D eigenvalue weighted by Gasteiger charge is 2.39. The number of hydrogen-bond donors (Lipinski definition) is 1. The number of aliphatic hydroxyl groups is 1. The van der Waals surface area contributed by atoms with Gasteiger partial charge in [-0.05, 0) is 54.6 Å². The van der Waals surface area contributed by atoms with E-state index in [4.69, 9.17) is 13.9 Å². The smallest absolute Gasteiger partial charge is 0.136 e. The van der Waals surface area contributed by atoms with E-state index in [1.807, 2.05) is 58.0 Å². The second-order valence-electron chi connectivity index (χ2n) is 8.33. The minimum absolute atomic E-state index is 0.0671. The number of methoxy groups -OCH3 is 2. The van der Waals surface area contributed by atoms with E-state index in [0.29, 0.717) is 12.3 Å². The van der Waals surface area contributed by atoms with Crippen molar-refractivity contribution in [1.29, 1.82) is 0 Å². The van der Waals surface area contributed by atoms with E-state index in [1.165, 1.54) is 0 Å². The zero-order valence-electron chi connectivity index (χ0n) is 19.0. The second-order valence-corrected chi connectivity index (χ2v) is 8.33. The highest BCUT2D eigenvalue weighted by Crippen LogP contribution is 2.37. The van der Waals surface area contributed by atoms with Crippen LogP contribution in [0.25, 0.3) is 0 Å². The average Bonchev–Trinajstić information content (AvgIpc) is 3.15. The number of rotatable bonds is 11. The monoisotopic (exact) mass is 403 g/mol. The Morgan fingerprint density at radius 3 is 2.03 bits per heavy atom. The minimum Gasteiger partial charge on any atom is -0.497 e. The van der Waals surface area contributed by atoms with Crippen LogP contribution >= 0.6 is 0 Å². The standard InChI is InChI=1S/C24H37NO4/c1-8-11-25(15-19-12-21(27-6)14-22(13-19)28-7)16-20-9-10-23(29-20)24(26,17(2)3)18(4)5/h9-10,12-14,17-18,26H,8,11,15-16H2,1-7H3. The van der Waals surface area contributed by atoms with Gasteiger partial charge in [-0.1, -0.05) is 34.6 Å². The fourth-order valence-corrected chi connectivity index (χ4v) is 3.88. The molecule has 0 bridgehead atoms. The molecule has 0 amide bonds. The van der Waals surface area contributed by atoms with Gasteiger partial charge in [-0.3, -0.25) is 4.90 Å². The molecule has 1 aromatic carbocycles. The van der Waals surface area contributed by atoms with Crippen LogP contribution < -0.4 is 9.47 Å². The Hall–Kier alpha value is -1.98. The molecule has 0 atom stereocenters. The van der Waals surface area contributed by atoms with Crippen molar-refractivity contribution >= 4 is 0 Å². The van der Waals surface area contributed by atoms with Crippen LogP contribution in [0.3, 0.4) is 0 Å². The fourth-order valence-electron chi connectivity index (χ4n) is 3.88. The van der Waals surface area contributed by atoms with Gasteiger partial charge in [-0.2, -0.15) is 0 Å². The van der Waals surface area contributed by atoms with Gasteiger partial charge in [-0.25, -0.2) is 0 Å². The largest absolute Gasteiger partial charge is 0.497 e. The highest BCUT2D eigenvalue weighted by atomic mass is 16.5. The van der Waals surface area contributed by atoms with Crippen LogP contribution in [0.1, 0.15) is 58.1 Å². The molecular formula is C24H37NO4. The third-order valence-corrected chi connectivity index (χ3v) is 5.55. The summed E-state index contributed by atoms with van der Waals surface area (Å²) in [5, 5.41) is 11.2. The van der Waals surface area contributed by atoms with Crippen molar-refractivity contribution in [1.82, 2.24) is 4.90 Å². The molecule has 2 rings (SSSR count). The molecular weight excluding hydrogens is 366 g/mol. The van der Waals surface area contributed by atoms with E-state index in [9.17, 15) is 5.11 Å². The predicted molar refractivity (Wildman–Crippen MR) is 116 cm³/mol. The molecule has 29 heavy (non-hydrogen) atoms. The molecule has 0 saturated heterocycles. The molecule has 162 valence electrons. The summed E-state index contributed by atoms with van der Waals surface area (Å²) in [5.74, 6) is 3.22. The van der Waals surface area contributed by atoms with Crippen LogP contribution in [0.4, 0.5) is 0 Å². The Morgan fingerprint density at radius 1 is 0.966 bits per heavy atom. The summed E-state index contributed by atoms with van der Waals surface area (Å²) in [4.78, 5) is 2.33. The van der Waals surface area contributed by atoms with Crippen LogP contribution in [0, 0.1) is 11.8 Å². The molecule has 5 nitrogen and oxygen atoms in total. The number of ether oxygens (including phenoxy) is 2. The van der Waals surface area contributed by atoms with Gasteiger partial charge in [0.15, 0.2) is 0 Å². The molecule has 0 radical (unpaired) electrons. The number of hydrogen-bond acceptors (Lipinski definition) is 5. The summed E-state index contributed by atoms with van der Waals surface area (Å²) in [5.41, 5.74) is 0.163. The molecule has 0 saturated carbocycles. The molecule has 1 N–H and O–H groups in total. The topological polar surface area (TPSA) is 55.1 Å². The van der Waals surface area contributed by atoms with Crippen molar-refractivity contribution in [3.8, 4) is 11.5 Å². The average molecular weight is 404 g/mol.